The molecule has 12 heavy (non-hydrogen) atoms. The van der Waals surface area contributed by atoms with Gasteiger partial charge in [0.25, 0.3) is 5.24 Å². The monoisotopic (exact) mass is 203 g/mol. The average molecular weight is 204 g/mol. The molecule has 0 aliphatic heterocycles. The first-order valence-electron chi connectivity index (χ1n) is 2.98. The highest BCUT2D eigenvalue weighted by atomic mass is 35.5. The molecule has 62 valence electrons. The summed E-state index contributed by atoms with van der Waals surface area (Å²) in [5, 5.41) is 2.18. The largest absolute Gasteiger partial charge is 0.276 e. The molecule has 0 aromatic heterocycles. The first kappa shape index (κ1) is 9.16. The van der Waals surface area contributed by atoms with Gasteiger partial charge in [0.05, 0.1) is 5.02 Å². The molecule has 0 fully saturated rings. The SMILES string of the molecule is O=Nc1cc(C(=O)Cl)ccc1Cl. The van der Waals surface area contributed by atoms with Crippen LogP contribution >= 0.6 is 23.2 Å². The number of benzene rings is 1. The van der Waals surface area contributed by atoms with Crippen molar-refractivity contribution in [1.29, 1.82) is 0 Å². The maximum atomic E-state index is 10.6. The number of nitrogens with zero attached hydrogens (tertiary/aromatic N) is 1. The third kappa shape index (κ3) is 1.81. The van der Waals surface area contributed by atoms with E-state index in [0.29, 0.717) is 0 Å². The van der Waals surface area contributed by atoms with Gasteiger partial charge in [0, 0.05) is 5.56 Å². The van der Waals surface area contributed by atoms with E-state index >= 15 is 0 Å². The van der Waals surface area contributed by atoms with Gasteiger partial charge < -0.3 is 0 Å². The van der Waals surface area contributed by atoms with E-state index in [4.69, 9.17) is 23.2 Å². The topological polar surface area (TPSA) is 46.5 Å². The Bertz CT molecular complexity index is 338. The number of hydrogen-bond donors (Lipinski definition) is 0. The van der Waals surface area contributed by atoms with Crippen LogP contribution in [-0.4, -0.2) is 5.24 Å². The quantitative estimate of drug-likeness (QED) is 0.548. The number of carbonyl (C=O) groups excluding carboxylic acids is 1. The molecule has 0 atom stereocenters. The first-order chi connectivity index (χ1) is 5.65. The summed E-state index contributed by atoms with van der Waals surface area (Å²) >= 11 is 10.7. The normalized spacial score (nSPS) is 9.50. The van der Waals surface area contributed by atoms with Gasteiger partial charge in [-0.15, -0.1) is 4.91 Å². The van der Waals surface area contributed by atoms with Crippen molar-refractivity contribution < 1.29 is 4.79 Å². The van der Waals surface area contributed by atoms with E-state index in [1.165, 1.54) is 18.2 Å². The lowest BCUT2D eigenvalue weighted by Crippen LogP contribution is -1.86. The van der Waals surface area contributed by atoms with Crippen molar-refractivity contribution in [1.82, 2.24) is 0 Å². The van der Waals surface area contributed by atoms with Crippen LogP contribution in [0.15, 0.2) is 23.4 Å². The highest BCUT2D eigenvalue weighted by molar-refractivity contribution is 6.67. The van der Waals surface area contributed by atoms with E-state index in [1.807, 2.05) is 0 Å². The van der Waals surface area contributed by atoms with E-state index in [2.05, 4.69) is 5.18 Å². The maximum absolute atomic E-state index is 10.6. The molecule has 0 N–H and O–H groups in total. The molecule has 1 rings (SSSR count). The van der Waals surface area contributed by atoms with Crippen LogP contribution in [0.3, 0.4) is 0 Å². The Labute approximate surface area is 78.3 Å². The predicted molar refractivity (Wildman–Crippen MR) is 47.1 cm³/mol. The number of rotatable bonds is 2. The summed E-state index contributed by atoms with van der Waals surface area (Å²) < 4.78 is 0. The van der Waals surface area contributed by atoms with Gasteiger partial charge in [-0.3, -0.25) is 4.79 Å². The predicted octanol–water partition coefficient (Wildman–Crippen LogP) is 3.12. The summed E-state index contributed by atoms with van der Waals surface area (Å²) in [6, 6.07) is 4.06. The fraction of sp³-hybridized carbons (Fsp3) is 0. The van der Waals surface area contributed by atoms with E-state index in [9.17, 15) is 9.70 Å². The minimum Gasteiger partial charge on any atom is -0.276 e. The molecule has 0 aliphatic carbocycles. The standard InChI is InChI=1S/C7H3Cl2NO2/c8-5-2-1-4(7(9)11)3-6(5)10-12/h1-3H. The van der Waals surface area contributed by atoms with E-state index in [-0.39, 0.29) is 16.3 Å². The lowest BCUT2D eigenvalue weighted by atomic mass is 10.2. The molecule has 1 aromatic rings. The Hall–Kier alpha value is -0.930. The molecule has 0 saturated heterocycles. The Balaban J connectivity index is 3.22. The minimum absolute atomic E-state index is 0.0168. The summed E-state index contributed by atoms with van der Waals surface area (Å²) in [5.74, 6) is 0. The van der Waals surface area contributed by atoms with Crippen LogP contribution in [0.1, 0.15) is 10.4 Å². The van der Waals surface area contributed by atoms with Crippen molar-refractivity contribution in [3.63, 3.8) is 0 Å². The van der Waals surface area contributed by atoms with Gasteiger partial charge in [0.15, 0.2) is 0 Å². The van der Waals surface area contributed by atoms with Gasteiger partial charge in [0.1, 0.15) is 5.69 Å². The van der Waals surface area contributed by atoms with Crippen LogP contribution in [0, 0.1) is 4.91 Å². The Morgan fingerprint density at radius 2 is 2.08 bits per heavy atom. The zero-order valence-corrected chi connectivity index (χ0v) is 7.26. The Morgan fingerprint density at radius 1 is 1.42 bits per heavy atom. The fourth-order valence-electron chi connectivity index (χ4n) is 0.705. The van der Waals surface area contributed by atoms with Crippen LogP contribution in [0.25, 0.3) is 0 Å². The van der Waals surface area contributed by atoms with Crippen molar-refractivity contribution in [2.75, 3.05) is 0 Å². The lowest BCUT2D eigenvalue weighted by molar-refractivity contribution is 0.108. The van der Waals surface area contributed by atoms with Gasteiger partial charge in [-0.05, 0) is 35.0 Å². The van der Waals surface area contributed by atoms with Crippen LogP contribution in [0.4, 0.5) is 5.69 Å². The van der Waals surface area contributed by atoms with Crippen LogP contribution < -0.4 is 0 Å². The molecule has 0 unspecified atom stereocenters. The van der Waals surface area contributed by atoms with Gasteiger partial charge in [-0.25, -0.2) is 0 Å². The minimum atomic E-state index is -0.642. The van der Waals surface area contributed by atoms with Gasteiger partial charge in [-0.2, -0.15) is 0 Å². The summed E-state index contributed by atoms with van der Waals surface area (Å²) in [4.78, 5) is 20.7. The van der Waals surface area contributed by atoms with Gasteiger partial charge in [-0.1, -0.05) is 11.6 Å². The summed E-state index contributed by atoms with van der Waals surface area (Å²) in [7, 11) is 0. The Kier molecular flexibility index (Phi) is 2.78. The second-order valence-corrected chi connectivity index (χ2v) is 2.78. The fourth-order valence-corrected chi connectivity index (χ4v) is 0.974. The van der Waals surface area contributed by atoms with Crippen molar-refractivity contribution >= 4 is 34.1 Å². The zero-order valence-electron chi connectivity index (χ0n) is 5.75. The molecule has 0 amide bonds. The molecule has 0 bridgehead atoms. The third-order valence-corrected chi connectivity index (χ3v) is 1.81. The molecule has 3 nitrogen and oxygen atoms in total. The third-order valence-electron chi connectivity index (χ3n) is 1.27. The lowest BCUT2D eigenvalue weighted by Gasteiger charge is -1.95. The molecular weight excluding hydrogens is 201 g/mol. The highest BCUT2D eigenvalue weighted by Crippen LogP contribution is 2.25. The van der Waals surface area contributed by atoms with Crippen molar-refractivity contribution in [3.05, 3.63) is 33.7 Å². The summed E-state index contributed by atoms with van der Waals surface area (Å²) in [6.07, 6.45) is 0. The number of carbonyl (C=O) groups is 1. The highest BCUT2D eigenvalue weighted by Gasteiger charge is 2.06. The molecular formula is C7H3Cl2NO2. The van der Waals surface area contributed by atoms with Gasteiger partial charge in [0.2, 0.25) is 0 Å². The van der Waals surface area contributed by atoms with Crippen LogP contribution in [0.5, 0.6) is 0 Å². The number of nitroso groups, excluding NO2 is 1. The maximum Gasteiger partial charge on any atom is 0.252 e. The van der Waals surface area contributed by atoms with Crippen molar-refractivity contribution in [2.45, 2.75) is 0 Å². The molecule has 0 radical (unpaired) electrons. The molecule has 0 aliphatic rings. The van der Waals surface area contributed by atoms with E-state index < -0.39 is 5.24 Å². The first-order valence-corrected chi connectivity index (χ1v) is 3.73. The van der Waals surface area contributed by atoms with E-state index in [0.717, 1.165) is 0 Å². The second-order valence-electron chi connectivity index (χ2n) is 2.03. The Morgan fingerprint density at radius 3 is 2.58 bits per heavy atom. The number of hydrogen-bond acceptors (Lipinski definition) is 3. The second kappa shape index (κ2) is 3.65. The van der Waals surface area contributed by atoms with Crippen LogP contribution in [-0.2, 0) is 0 Å². The molecule has 1 aromatic carbocycles. The molecule has 0 spiro atoms. The summed E-state index contributed by atoms with van der Waals surface area (Å²) in [6.45, 7) is 0. The summed E-state index contributed by atoms with van der Waals surface area (Å²) in [5.41, 5.74) is 0.221. The van der Waals surface area contributed by atoms with Gasteiger partial charge >= 0.3 is 0 Å². The molecule has 0 saturated carbocycles. The average Bonchev–Trinajstić information content (AvgIpc) is 2.05. The van der Waals surface area contributed by atoms with Crippen molar-refractivity contribution in [2.24, 2.45) is 5.18 Å². The molecule has 0 heterocycles. The van der Waals surface area contributed by atoms with Crippen LogP contribution in [0.2, 0.25) is 5.02 Å². The zero-order chi connectivity index (χ0) is 9.14. The molecule has 5 heteroatoms. The number of halogens is 2. The van der Waals surface area contributed by atoms with E-state index in [1.54, 1.807) is 0 Å². The van der Waals surface area contributed by atoms with Crippen molar-refractivity contribution in [3.8, 4) is 0 Å². The smallest absolute Gasteiger partial charge is 0.252 e.